The molecule has 2 aliphatic rings. The van der Waals surface area contributed by atoms with Gasteiger partial charge in [0, 0.05) is 13.1 Å². The summed E-state index contributed by atoms with van der Waals surface area (Å²) in [6.45, 7) is 4.64. The first kappa shape index (κ1) is 18.5. The fourth-order valence-corrected chi connectivity index (χ4v) is 6.79. The maximum Gasteiger partial charge on any atom is 0.0820 e. The van der Waals surface area contributed by atoms with Crippen molar-refractivity contribution >= 4 is 46.6 Å². The van der Waals surface area contributed by atoms with E-state index in [4.69, 9.17) is 0 Å². The lowest BCUT2D eigenvalue weighted by molar-refractivity contribution is 0.384. The van der Waals surface area contributed by atoms with Crippen LogP contribution in [0.2, 0.25) is 0 Å². The smallest absolute Gasteiger partial charge is 0.0820 e. The number of nitrogens with zero attached hydrogens (tertiary/aromatic N) is 2. The largest absolute Gasteiger partial charge is 0.370 e. The number of hydrogen-bond donors (Lipinski definition) is 1. The molecule has 0 bridgehead atoms. The molecule has 1 saturated carbocycles. The summed E-state index contributed by atoms with van der Waals surface area (Å²) in [5.74, 6) is 0. The fraction of sp³-hybridized carbons (Fsp3) is 0.500. The van der Waals surface area contributed by atoms with Crippen LogP contribution in [0.1, 0.15) is 31.2 Å². The van der Waals surface area contributed by atoms with E-state index >= 15 is 0 Å². The molecule has 3 nitrogen and oxygen atoms in total. The minimum absolute atomic E-state index is 0.721. The van der Waals surface area contributed by atoms with Crippen LogP contribution in [-0.4, -0.2) is 31.5 Å². The van der Waals surface area contributed by atoms with E-state index in [1.54, 1.807) is 23.9 Å². The van der Waals surface area contributed by atoms with Gasteiger partial charge in [0.15, 0.2) is 0 Å². The van der Waals surface area contributed by atoms with Crippen LogP contribution in [-0.2, 0) is 0 Å². The highest BCUT2D eigenvalue weighted by Crippen LogP contribution is 2.54. The maximum absolute atomic E-state index is 3.63. The van der Waals surface area contributed by atoms with Crippen molar-refractivity contribution in [2.75, 3.05) is 36.8 Å². The van der Waals surface area contributed by atoms with Crippen LogP contribution in [0, 0.1) is 12.3 Å². The number of benzene rings is 1. The molecule has 6 heteroatoms. The monoisotopic (exact) mass is 405 g/mol. The van der Waals surface area contributed by atoms with Crippen molar-refractivity contribution in [3.63, 3.8) is 0 Å². The third-order valence-corrected chi connectivity index (χ3v) is 8.41. The van der Waals surface area contributed by atoms with Gasteiger partial charge in [-0.05, 0) is 99.8 Å². The summed E-state index contributed by atoms with van der Waals surface area (Å²) in [5, 5.41) is 0. The summed E-state index contributed by atoms with van der Waals surface area (Å²) < 4.78 is 8.40. The Morgan fingerprint density at radius 1 is 1.04 bits per heavy atom. The number of piperidine rings is 1. The van der Waals surface area contributed by atoms with E-state index < -0.39 is 0 Å². The molecule has 1 aliphatic carbocycles. The lowest BCUT2D eigenvalue weighted by atomic mass is 9.93. The van der Waals surface area contributed by atoms with Gasteiger partial charge in [0.2, 0.25) is 0 Å². The van der Waals surface area contributed by atoms with Gasteiger partial charge in [-0.25, -0.2) is 0 Å². The van der Waals surface area contributed by atoms with Gasteiger partial charge in [-0.15, -0.1) is 11.3 Å². The van der Waals surface area contributed by atoms with Gasteiger partial charge in [0.25, 0.3) is 0 Å². The molecule has 1 saturated heterocycles. The van der Waals surface area contributed by atoms with Crippen LogP contribution >= 0.6 is 35.2 Å². The Balaban J connectivity index is 1.45. The van der Waals surface area contributed by atoms with Gasteiger partial charge in [0.1, 0.15) is 0 Å². The van der Waals surface area contributed by atoms with E-state index in [2.05, 4.69) is 65.3 Å². The number of hydrogen-bond acceptors (Lipinski definition) is 6. The van der Waals surface area contributed by atoms with Crippen molar-refractivity contribution in [2.24, 2.45) is 5.41 Å². The first-order chi connectivity index (χ1) is 12.5. The molecule has 140 valence electrons. The zero-order valence-corrected chi connectivity index (χ0v) is 18.2. The first-order valence-electron chi connectivity index (χ1n) is 9.27. The third-order valence-electron chi connectivity index (χ3n) is 5.43. The Morgan fingerprint density at radius 2 is 1.77 bits per heavy atom. The van der Waals surface area contributed by atoms with Gasteiger partial charge in [-0.2, -0.15) is 0 Å². The zero-order valence-electron chi connectivity index (χ0n) is 15.7. The predicted molar refractivity (Wildman–Crippen MR) is 118 cm³/mol. The third kappa shape index (κ3) is 4.19. The molecule has 1 aromatic carbocycles. The lowest BCUT2D eigenvalue weighted by Crippen LogP contribution is -2.35. The molecule has 0 radical (unpaired) electrons. The van der Waals surface area contributed by atoms with Crippen molar-refractivity contribution in [1.82, 2.24) is 4.31 Å². The van der Waals surface area contributed by atoms with Crippen molar-refractivity contribution in [2.45, 2.75) is 41.0 Å². The lowest BCUT2D eigenvalue weighted by Gasteiger charge is -2.36. The second-order valence-electron chi connectivity index (χ2n) is 7.64. The molecule has 1 spiro atoms. The predicted octanol–water partition coefficient (Wildman–Crippen LogP) is 6.12. The summed E-state index contributed by atoms with van der Waals surface area (Å²) in [6, 6.07) is 11.0. The molecule has 26 heavy (non-hydrogen) atoms. The summed E-state index contributed by atoms with van der Waals surface area (Å²) in [6.07, 6.45) is 5.65. The van der Waals surface area contributed by atoms with Gasteiger partial charge >= 0.3 is 0 Å². The topological polar surface area (TPSA) is 18.5 Å². The molecule has 2 fully saturated rings. The van der Waals surface area contributed by atoms with Crippen molar-refractivity contribution < 1.29 is 0 Å². The van der Waals surface area contributed by atoms with Crippen LogP contribution in [0.5, 0.6) is 0 Å². The Bertz CT molecular complexity index is 757. The molecule has 2 heterocycles. The van der Waals surface area contributed by atoms with E-state index in [-0.39, 0.29) is 0 Å². The summed E-state index contributed by atoms with van der Waals surface area (Å²) in [7, 11) is 4.16. The summed E-state index contributed by atoms with van der Waals surface area (Å²) in [4.78, 5) is 2.60. The standard InChI is InChI=1S/C20H27N3S3/c1-15-5-4-6-16(19(15)23-13-11-20(9-10-20)12-14-23)21-25-17-7-8-18(24-17)26-22(2)3/h4-8,21H,9-14H2,1-3H3. The highest BCUT2D eigenvalue weighted by Gasteiger charge is 2.44. The van der Waals surface area contributed by atoms with E-state index in [9.17, 15) is 0 Å². The van der Waals surface area contributed by atoms with Gasteiger partial charge < -0.3 is 9.62 Å². The van der Waals surface area contributed by atoms with E-state index in [0.29, 0.717) is 0 Å². The molecule has 2 aromatic rings. The molecule has 0 amide bonds. The van der Waals surface area contributed by atoms with Crippen LogP contribution in [0.15, 0.2) is 38.8 Å². The molecule has 1 aliphatic heterocycles. The Morgan fingerprint density at radius 3 is 2.46 bits per heavy atom. The second kappa shape index (κ2) is 7.66. The fourth-order valence-electron chi connectivity index (χ4n) is 3.73. The van der Waals surface area contributed by atoms with Crippen LogP contribution in [0.3, 0.4) is 0 Å². The molecule has 0 atom stereocenters. The van der Waals surface area contributed by atoms with Crippen molar-refractivity contribution in [3.8, 4) is 0 Å². The summed E-state index contributed by atoms with van der Waals surface area (Å²) >= 11 is 5.35. The minimum atomic E-state index is 0.721. The average Bonchev–Trinajstić information content (AvgIpc) is 3.21. The van der Waals surface area contributed by atoms with Crippen molar-refractivity contribution in [3.05, 3.63) is 35.9 Å². The van der Waals surface area contributed by atoms with Crippen molar-refractivity contribution in [1.29, 1.82) is 0 Å². The average molecular weight is 406 g/mol. The number of rotatable bonds is 6. The van der Waals surface area contributed by atoms with Crippen LogP contribution in [0.25, 0.3) is 0 Å². The number of para-hydroxylation sites is 1. The summed E-state index contributed by atoms with van der Waals surface area (Å²) in [5.41, 5.74) is 4.74. The highest BCUT2D eigenvalue weighted by molar-refractivity contribution is 8.03. The first-order valence-corrected chi connectivity index (χ1v) is 11.7. The molecular formula is C20H27N3S3. The number of thiophene rings is 1. The molecule has 1 aromatic heterocycles. The normalized spacial score (nSPS) is 18.5. The molecule has 4 rings (SSSR count). The van der Waals surface area contributed by atoms with Gasteiger partial charge in [0.05, 0.1) is 19.8 Å². The quantitative estimate of drug-likeness (QED) is 0.581. The van der Waals surface area contributed by atoms with Crippen LogP contribution < -0.4 is 9.62 Å². The van der Waals surface area contributed by atoms with Gasteiger partial charge in [-0.1, -0.05) is 12.1 Å². The maximum atomic E-state index is 3.63. The highest BCUT2D eigenvalue weighted by atomic mass is 32.2. The zero-order chi connectivity index (χ0) is 18.1. The Hall–Kier alpha value is -0.820. The molecular weight excluding hydrogens is 378 g/mol. The Labute approximate surface area is 169 Å². The van der Waals surface area contributed by atoms with E-state index in [1.165, 1.54) is 64.1 Å². The second-order valence-corrected chi connectivity index (χ2v) is 11.4. The van der Waals surface area contributed by atoms with E-state index in [0.717, 1.165) is 5.41 Å². The van der Waals surface area contributed by atoms with E-state index in [1.807, 2.05) is 11.3 Å². The number of anilines is 2. The molecule has 1 N–H and O–H groups in total. The van der Waals surface area contributed by atoms with Crippen LogP contribution in [0.4, 0.5) is 11.4 Å². The SMILES string of the molecule is Cc1cccc(NSc2ccc(SN(C)C)s2)c1N1CCC2(CC1)CC2. The molecule has 0 unspecified atom stereocenters. The minimum Gasteiger partial charge on any atom is -0.370 e. The number of aryl methyl sites for hydroxylation is 1. The Kier molecular flexibility index (Phi) is 5.46. The number of nitrogens with one attached hydrogen (secondary N) is 1. The van der Waals surface area contributed by atoms with Gasteiger partial charge in [-0.3, -0.25) is 4.31 Å².